The number of methoxy groups -OCH3 is 1. The molecule has 1 fully saturated rings. The monoisotopic (exact) mass is 533 g/mol. The van der Waals surface area contributed by atoms with E-state index in [-0.39, 0.29) is 17.8 Å². The predicted octanol–water partition coefficient (Wildman–Crippen LogP) is 6.07. The fraction of sp³-hybridized carbons (Fsp3) is 0.500. The molecule has 1 aliphatic heterocycles. The Morgan fingerprint density at radius 2 is 1.89 bits per heavy atom. The Morgan fingerprint density at radius 1 is 1.16 bits per heavy atom. The number of halogens is 3. The normalized spacial score (nSPS) is 17.9. The number of nitrogens with one attached hydrogen (secondary N) is 1. The Balaban J connectivity index is 1.71. The number of aryl methyl sites for hydroxylation is 1. The molecule has 4 rings (SSSR count). The average Bonchev–Trinajstić information content (AvgIpc) is 3.38. The Morgan fingerprint density at radius 3 is 2.53 bits per heavy atom. The van der Waals surface area contributed by atoms with Gasteiger partial charge in [0.05, 0.1) is 30.3 Å². The van der Waals surface area contributed by atoms with Gasteiger partial charge in [-0.1, -0.05) is 12.1 Å². The Kier molecular flexibility index (Phi) is 7.76. The van der Waals surface area contributed by atoms with Crippen LogP contribution in [-0.2, 0) is 10.7 Å². The number of hydrogen-bond acceptors (Lipinski definition) is 7. The molecule has 0 bridgehead atoms. The quantitative estimate of drug-likeness (QED) is 0.345. The first-order chi connectivity index (χ1) is 17.8. The fourth-order valence-corrected chi connectivity index (χ4v) is 4.60. The van der Waals surface area contributed by atoms with Gasteiger partial charge in [-0.3, -0.25) is 0 Å². The molecule has 1 saturated heterocycles. The number of nitrogens with zero attached hydrogens (tertiary/aromatic N) is 2. The zero-order chi connectivity index (χ0) is 27.8. The van der Waals surface area contributed by atoms with Gasteiger partial charge >= 0.3 is 5.92 Å². The van der Waals surface area contributed by atoms with Crippen LogP contribution in [0.3, 0.4) is 0 Å². The summed E-state index contributed by atoms with van der Waals surface area (Å²) in [6, 6.07) is 6.50. The maximum Gasteiger partial charge on any atom is 0.303 e. The van der Waals surface area contributed by atoms with E-state index < -0.39 is 28.9 Å². The van der Waals surface area contributed by atoms with E-state index >= 15 is 4.39 Å². The molecule has 0 saturated carbocycles. The predicted molar refractivity (Wildman–Crippen MR) is 139 cm³/mol. The van der Waals surface area contributed by atoms with Crippen molar-refractivity contribution in [3.63, 3.8) is 0 Å². The molecule has 0 radical (unpaired) electrons. The topological polar surface area (TPSA) is 85.7 Å². The van der Waals surface area contributed by atoms with E-state index in [0.29, 0.717) is 40.7 Å². The van der Waals surface area contributed by atoms with Gasteiger partial charge in [0.25, 0.3) is 0 Å². The van der Waals surface area contributed by atoms with Crippen molar-refractivity contribution >= 4 is 16.7 Å². The van der Waals surface area contributed by atoms with Crippen molar-refractivity contribution in [3.8, 4) is 11.5 Å². The summed E-state index contributed by atoms with van der Waals surface area (Å²) in [5.41, 5.74) is -2.74. The summed E-state index contributed by atoms with van der Waals surface area (Å²) in [6.45, 7) is 7.90. The van der Waals surface area contributed by atoms with Crippen LogP contribution in [0.15, 0.2) is 30.3 Å². The highest BCUT2D eigenvalue weighted by molar-refractivity contribution is 5.92. The maximum absolute atomic E-state index is 15.4. The third kappa shape index (κ3) is 5.37. The number of aromatic nitrogens is 2. The Hall–Kier alpha value is -3.11. The first kappa shape index (κ1) is 27.9. The number of anilines is 1. The number of rotatable bonds is 9. The first-order valence-corrected chi connectivity index (χ1v) is 12.6. The molecule has 7 nitrogen and oxygen atoms in total. The summed E-state index contributed by atoms with van der Waals surface area (Å²) in [5.74, 6) is -3.08. The summed E-state index contributed by atoms with van der Waals surface area (Å²) >= 11 is 0. The van der Waals surface area contributed by atoms with Crippen molar-refractivity contribution in [1.82, 2.24) is 9.97 Å². The van der Waals surface area contributed by atoms with Gasteiger partial charge in [-0.05, 0) is 59.6 Å². The summed E-state index contributed by atoms with van der Waals surface area (Å²) in [7, 11) is 1.54. The van der Waals surface area contributed by atoms with E-state index in [1.165, 1.54) is 12.1 Å². The molecule has 10 heteroatoms. The van der Waals surface area contributed by atoms with E-state index in [9.17, 15) is 13.9 Å². The van der Waals surface area contributed by atoms with Crippen molar-refractivity contribution in [2.45, 2.75) is 77.2 Å². The molecule has 3 atom stereocenters. The smallest absolute Gasteiger partial charge is 0.303 e. The summed E-state index contributed by atoms with van der Waals surface area (Å²) in [4.78, 5) is 9.01. The second-order valence-corrected chi connectivity index (χ2v) is 10.2. The molecule has 0 amide bonds. The highest BCUT2D eigenvalue weighted by Gasteiger charge is 2.49. The van der Waals surface area contributed by atoms with E-state index in [1.54, 1.807) is 33.1 Å². The number of fused-ring (bicyclic) bond motifs is 1. The first-order valence-electron chi connectivity index (χ1n) is 12.6. The van der Waals surface area contributed by atoms with Crippen molar-refractivity contribution < 1.29 is 32.5 Å². The van der Waals surface area contributed by atoms with Gasteiger partial charge in [0.1, 0.15) is 29.2 Å². The van der Waals surface area contributed by atoms with Gasteiger partial charge in [0.15, 0.2) is 11.5 Å². The lowest BCUT2D eigenvalue weighted by atomic mass is 9.91. The highest BCUT2D eigenvalue weighted by atomic mass is 19.3. The number of benzene rings is 2. The van der Waals surface area contributed by atoms with Crippen LogP contribution in [0.2, 0.25) is 0 Å². The third-order valence-electron chi connectivity index (χ3n) is 6.85. The Bertz CT molecular complexity index is 1310. The van der Waals surface area contributed by atoms with Crippen LogP contribution in [0.5, 0.6) is 11.5 Å². The van der Waals surface area contributed by atoms with Crippen molar-refractivity contribution in [2.75, 3.05) is 19.0 Å². The zero-order valence-electron chi connectivity index (χ0n) is 22.4. The Labute approximate surface area is 220 Å². The molecule has 2 N–H and O–H groups in total. The molecule has 2 aromatic carbocycles. The molecule has 3 aromatic rings. The number of hydrogen-bond donors (Lipinski definition) is 2. The highest BCUT2D eigenvalue weighted by Crippen LogP contribution is 2.42. The second kappa shape index (κ2) is 10.6. The van der Waals surface area contributed by atoms with Gasteiger partial charge in [-0.25, -0.2) is 14.4 Å². The number of ether oxygens (including phenoxy) is 3. The van der Waals surface area contributed by atoms with Crippen LogP contribution in [0, 0.1) is 12.7 Å². The average molecular weight is 534 g/mol. The summed E-state index contributed by atoms with van der Waals surface area (Å²) in [6.07, 6.45) is 1.63. The lowest BCUT2D eigenvalue weighted by molar-refractivity contribution is -0.170. The molecule has 1 unspecified atom stereocenters. The number of alkyl halides is 2. The van der Waals surface area contributed by atoms with Gasteiger partial charge in [-0.15, -0.1) is 0 Å². The molecule has 0 spiro atoms. The van der Waals surface area contributed by atoms with Gasteiger partial charge in [-0.2, -0.15) is 8.78 Å². The van der Waals surface area contributed by atoms with Gasteiger partial charge in [0, 0.05) is 23.6 Å². The van der Waals surface area contributed by atoms with Crippen LogP contribution >= 0.6 is 0 Å². The third-order valence-corrected chi connectivity index (χ3v) is 6.85. The number of aliphatic hydroxyl groups is 1. The van der Waals surface area contributed by atoms with Crippen LogP contribution in [0.1, 0.15) is 63.5 Å². The molecule has 206 valence electrons. The molecular weight excluding hydrogens is 499 g/mol. The van der Waals surface area contributed by atoms with E-state index in [0.717, 1.165) is 32.8 Å². The van der Waals surface area contributed by atoms with Crippen molar-refractivity contribution in [3.05, 3.63) is 53.1 Å². The fourth-order valence-electron chi connectivity index (χ4n) is 4.60. The lowest BCUT2D eigenvalue weighted by Crippen LogP contribution is -2.41. The lowest BCUT2D eigenvalue weighted by Gasteiger charge is -2.30. The molecule has 1 aromatic heterocycles. The maximum atomic E-state index is 15.4. The standard InChI is InChI=1S/C28H34F3N3O4/c1-15(18-9-7-10-20(25(18)29)28(30,31)27(4,5)35)32-26-19-13-24(38-16(2)22-11-8-12-37-22)23(36-6)14-21(19)33-17(3)34-26/h7,9-10,13-16,22,35H,8,11-12H2,1-6H3,(H,32,33,34)/t15-,16?,22-/m1/s1. The minimum Gasteiger partial charge on any atom is -0.493 e. The molecule has 38 heavy (non-hydrogen) atoms. The van der Waals surface area contributed by atoms with Crippen LogP contribution < -0.4 is 14.8 Å². The van der Waals surface area contributed by atoms with Crippen molar-refractivity contribution in [2.24, 2.45) is 0 Å². The molecule has 2 heterocycles. The largest absolute Gasteiger partial charge is 0.493 e. The van der Waals surface area contributed by atoms with Crippen LogP contribution in [0.25, 0.3) is 10.9 Å². The minimum atomic E-state index is -3.80. The molecule has 0 aliphatic carbocycles. The van der Waals surface area contributed by atoms with E-state index in [1.807, 2.05) is 6.92 Å². The molecular formula is C28H34F3N3O4. The second-order valence-electron chi connectivity index (χ2n) is 10.2. The molecule has 1 aliphatic rings. The van der Waals surface area contributed by atoms with Gasteiger partial charge in [0.2, 0.25) is 0 Å². The zero-order valence-corrected chi connectivity index (χ0v) is 22.4. The van der Waals surface area contributed by atoms with Gasteiger partial charge < -0.3 is 24.6 Å². The van der Waals surface area contributed by atoms with Crippen LogP contribution in [-0.4, -0.2) is 46.6 Å². The minimum absolute atomic E-state index is 0.00725. The van der Waals surface area contributed by atoms with E-state index in [4.69, 9.17) is 14.2 Å². The van der Waals surface area contributed by atoms with Crippen molar-refractivity contribution in [1.29, 1.82) is 0 Å². The van der Waals surface area contributed by atoms with Crippen LogP contribution in [0.4, 0.5) is 19.0 Å². The van der Waals surface area contributed by atoms with E-state index in [2.05, 4.69) is 15.3 Å². The summed E-state index contributed by atoms with van der Waals surface area (Å²) < 4.78 is 62.5. The summed E-state index contributed by atoms with van der Waals surface area (Å²) in [5, 5.41) is 13.7. The SMILES string of the molecule is COc1cc2nc(C)nc(N[C@H](C)c3cccc(C(F)(F)C(C)(C)O)c3F)c2cc1OC(C)[C@H]1CCCO1.